The molecule has 106 valence electrons. The lowest BCUT2D eigenvalue weighted by molar-refractivity contribution is 0.271. The molecule has 1 aliphatic rings. The van der Waals surface area contributed by atoms with Crippen LogP contribution in [0.25, 0.3) is 0 Å². The third-order valence-electron chi connectivity index (χ3n) is 4.36. The van der Waals surface area contributed by atoms with Crippen molar-refractivity contribution in [2.45, 2.75) is 45.7 Å². The predicted octanol–water partition coefficient (Wildman–Crippen LogP) is 3.43. The number of hydrogen-bond acceptors (Lipinski definition) is 2. The van der Waals surface area contributed by atoms with Crippen LogP contribution in [-0.2, 0) is 0 Å². The van der Waals surface area contributed by atoms with Crippen LogP contribution in [0.3, 0.4) is 0 Å². The van der Waals surface area contributed by atoms with Crippen LogP contribution in [0, 0.1) is 11.7 Å². The highest BCUT2D eigenvalue weighted by molar-refractivity contribution is 5.48. The van der Waals surface area contributed by atoms with E-state index in [2.05, 4.69) is 31.0 Å². The second-order valence-electron chi connectivity index (χ2n) is 5.62. The first-order valence-corrected chi connectivity index (χ1v) is 7.39. The zero-order valence-electron chi connectivity index (χ0n) is 12.2. The van der Waals surface area contributed by atoms with Gasteiger partial charge in [-0.05, 0) is 50.4 Å². The number of nitrogens with one attached hydrogen (secondary N) is 1. The molecule has 0 saturated carbocycles. The monoisotopic (exact) mass is 264 g/mol. The fourth-order valence-corrected chi connectivity index (χ4v) is 3.00. The lowest BCUT2D eigenvalue weighted by atomic mass is 9.86. The first-order chi connectivity index (χ1) is 9.13. The Morgan fingerprint density at radius 3 is 2.84 bits per heavy atom. The molecule has 3 heteroatoms. The van der Waals surface area contributed by atoms with E-state index in [1.807, 2.05) is 6.07 Å². The van der Waals surface area contributed by atoms with E-state index in [-0.39, 0.29) is 5.82 Å². The van der Waals surface area contributed by atoms with Crippen molar-refractivity contribution in [3.63, 3.8) is 0 Å². The summed E-state index contributed by atoms with van der Waals surface area (Å²) < 4.78 is 13.4. The lowest BCUT2D eigenvalue weighted by Gasteiger charge is -2.44. The van der Waals surface area contributed by atoms with Crippen LogP contribution in [0.4, 0.5) is 10.1 Å². The largest absolute Gasteiger partial charge is 0.368 e. The Morgan fingerprint density at radius 1 is 1.37 bits per heavy atom. The van der Waals surface area contributed by atoms with E-state index in [4.69, 9.17) is 0 Å². The smallest absolute Gasteiger partial charge is 0.125 e. The fourth-order valence-electron chi connectivity index (χ4n) is 3.00. The minimum Gasteiger partial charge on any atom is -0.368 e. The third-order valence-corrected chi connectivity index (χ3v) is 4.36. The molecule has 1 fully saturated rings. The molecule has 0 spiro atoms. The highest BCUT2D eigenvalue weighted by Gasteiger charge is 2.32. The Kier molecular flexibility index (Phi) is 4.81. The van der Waals surface area contributed by atoms with Crippen LogP contribution in [0.15, 0.2) is 24.3 Å². The molecule has 19 heavy (non-hydrogen) atoms. The molecule has 2 nitrogen and oxygen atoms in total. The van der Waals surface area contributed by atoms with Gasteiger partial charge in [-0.3, -0.25) is 0 Å². The van der Waals surface area contributed by atoms with Gasteiger partial charge in [-0.1, -0.05) is 19.9 Å². The van der Waals surface area contributed by atoms with Crippen molar-refractivity contribution in [1.82, 2.24) is 5.32 Å². The minimum atomic E-state index is -0.149. The quantitative estimate of drug-likeness (QED) is 0.896. The Bertz CT molecular complexity index is 407. The molecule has 0 amide bonds. The van der Waals surface area contributed by atoms with Crippen molar-refractivity contribution in [2.75, 3.05) is 18.0 Å². The molecule has 0 radical (unpaired) electrons. The van der Waals surface area contributed by atoms with Gasteiger partial charge in [-0.15, -0.1) is 0 Å². The maximum Gasteiger partial charge on any atom is 0.125 e. The van der Waals surface area contributed by atoms with Gasteiger partial charge in [0.25, 0.3) is 0 Å². The summed E-state index contributed by atoms with van der Waals surface area (Å²) in [6, 6.07) is 7.97. The van der Waals surface area contributed by atoms with Crippen LogP contribution in [0.5, 0.6) is 0 Å². The number of hydrogen-bond donors (Lipinski definition) is 1. The molecule has 1 saturated heterocycles. The van der Waals surface area contributed by atoms with Gasteiger partial charge in [0.1, 0.15) is 5.82 Å². The zero-order chi connectivity index (χ0) is 13.8. The molecular weight excluding hydrogens is 239 g/mol. The van der Waals surface area contributed by atoms with Gasteiger partial charge >= 0.3 is 0 Å². The van der Waals surface area contributed by atoms with Gasteiger partial charge < -0.3 is 10.2 Å². The number of rotatable bonds is 4. The maximum absolute atomic E-state index is 13.4. The third kappa shape index (κ3) is 3.27. The van der Waals surface area contributed by atoms with E-state index < -0.39 is 0 Å². The number of nitrogens with zero attached hydrogens (tertiary/aromatic N) is 1. The molecule has 3 atom stereocenters. The average molecular weight is 264 g/mol. The summed E-state index contributed by atoms with van der Waals surface area (Å²) in [6.45, 7) is 8.82. The summed E-state index contributed by atoms with van der Waals surface area (Å²) in [4.78, 5) is 2.33. The Morgan fingerprint density at radius 2 is 2.16 bits per heavy atom. The summed E-state index contributed by atoms with van der Waals surface area (Å²) in [5, 5.41) is 3.63. The molecular formula is C16H25FN2. The van der Waals surface area contributed by atoms with E-state index in [0.717, 1.165) is 25.2 Å². The molecule has 1 heterocycles. The van der Waals surface area contributed by atoms with E-state index in [9.17, 15) is 4.39 Å². The molecule has 0 aromatic heterocycles. The number of anilines is 1. The Balaban J connectivity index is 2.06. The second-order valence-corrected chi connectivity index (χ2v) is 5.62. The fraction of sp³-hybridized carbons (Fsp3) is 0.625. The maximum atomic E-state index is 13.4. The van der Waals surface area contributed by atoms with Gasteiger partial charge in [0.2, 0.25) is 0 Å². The molecule has 1 N–H and O–H groups in total. The number of halogens is 1. The summed E-state index contributed by atoms with van der Waals surface area (Å²) in [6.07, 6.45) is 2.30. The normalized spacial score (nSPS) is 27.6. The molecule has 1 aliphatic heterocycles. The molecule has 0 aliphatic carbocycles. The molecule has 1 aromatic carbocycles. The van der Waals surface area contributed by atoms with E-state index in [0.29, 0.717) is 18.0 Å². The Labute approximate surface area is 116 Å². The SMILES string of the molecule is CCCNC1CCN(c2cccc(F)c2)C(C)C1C. The summed E-state index contributed by atoms with van der Waals surface area (Å²) in [5.41, 5.74) is 1.01. The van der Waals surface area contributed by atoms with Crippen molar-refractivity contribution in [1.29, 1.82) is 0 Å². The highest BCUT2D eigenvalue weighted by Crippen LogP contribution is 2.29. The van der Waals surface area contributed by atoms with E-state index >= 15 is 0 Å². The summed E-state index contributed by atoms with van der Waals surface area (Å²) in [5.74, 6) is 0.423. The predicted molar refractivity (Wildman–Crippen MR) is 79.1 cm³/mol. The summed E-state index contributed by atoms with van der Waals surface area (Å²) >= 11 is 0. The first kappa shape index (κ1) is 14.3. The van der Waals surface area contributed by atoms with Crippen LogP contribution >= 0.6 is 0 Å². The molecule has 1 aromatic rings. The second kappa shape index (κ2) is 6.38. The standard InChI is InChI=1S/C16H25FN2/c1-4-9-18-16-8-10-19(13(3)12(16)2)15-7-5-6-14(17)11-15/h5-7,11-13,16,18H,4,8-10H2,1-3H3. The van der Waals surface area contributed by atoms with E-state index in [1.165, 1.54) is 12.5 Å². The van der Waals surface area contributed by atoms with Crippen molar-refractivity contribution >= 4 is 5.69 Å². The van der Waals surface area contributed by atoms with Gasteiger partial charge in [0.05, 0.1) is 0 Å². The minimum absolute atomic E-state index is 0.149. The van der Waals surface area contributed by atoms with Crippen LogP contribution < -0.4 is 10.2 Å². The van der Waals surface area contributed by atoms with Crippen LogP contribution in [0.1, 0.15) is 33.6 Å². The average Bonchev–Trinajstić information content (AvgIpc) is 2.40. The van der Waals surface area contributed by atoms with Crippen molar-refractivity contribution in [3.05, 3.63) is 30.1 Å². The van der Waals surface area contributed by atoms with Gasteiger partial charge in [0.15, 0.2) is 0 Å². The van der Waals surface area contributed by atoms with Crippen LogP contribution in [-0.4, -0.2) is 25.2 Å². The zero-order valence-corrected chi connectivity index (χ0v) is 12.2. The van der Waals surface area contributed by atoms with Gasteiger partial charge in [0, 0.05) is 24.3 Å². The Hall–Kier alpha value is -1.09. The van der Waals surface area contributed by atoms with Gasteiger partial charge in [-0.25, -0.2) is 4.39 Å². The number of benzene rings is 1. The van der Waals surface area contributed by atoms with Gasteiger partial charge in [-0.2, -0.15) is 0 Å². The van der Waals surface area contributed by atoms with Crippen LogP contribution in [0.2, 0.25) is 0 Å². The molecule has 3 unspecified atom stereocenters. The lowest BCUT2D eigenvalue weighted by Crippen LogP contribution is -2.53. The van der Waals surface area contributed by atoms with Crippen molar-refractivity contribution in [2.24, 2.45) is 5.92 Å². The molecule has 0 bridgehead atoms. The first-order valence-electron chi connectivity index (χ1n) is 7.39. The molecule has 2 rings (SSSR count). The summed E-state index contributed by atoms with van der Waals surface area (Å²) in [7, 11) is 0. The highest BCUT2D eigenvalue weighted by atomic mass is 19.1. The van der Waals surface area contributed by atoms with Crippen molar-refractivity contribution < 1.29 is 4.39 Å². The van der Waals surface area contributed by atoms with Crippen molar-refractivity contribution in [3.8, 4) is 0 Å². The topological polar surface area (TPSA) is 15.3 Å². The van der Waals surface area contributed by atoms with E-state index in [1.54, 1.807) is 12.1 Å². The number of piperidine rings is 1.